The first kappa shape index (κ1) is 13.5. The minimum atomic E-state index is -1.60. The smallest absolute Gasteiger partial charge is 0.334 e. The van der Waals surface area contributed by atoms with Gasteiger partial charge in [-0.15, -0.1) is 0 Å². The maximum Gasteiger partial charge on any atom is 0.334 e. The molecule has 0 fully saturated rings. The standard InChI is InChI=1S/C11H12ClNO4/c1-6-4-7(2-3-8(6)12)10(15)13-5-9(14)11(16)17/h2-4,9,14H,5H2,1H3,(H,13,15)(H,16,17)/t9-/m0/s1. The van der Waals surface area contributed by atoms with Crippen LogP contribution in [0.15, 0.2) is 18.2 Å². The zero-order valence-corrected chi connectivity index (χ0v) is 9.86. The monoisotopic (exact) mass is 257 g/mol. The van der Waals surface area contributed by atoms with Crippen LogP contribution in [0.5, 0.6) is 0 Å². The van der Waals surface area contributed by atoms with Crippen molar-refractivity contribution in [1.82, 2.24) is 5.32 Å². The van der Waals surface area contributed by atoms with Crippen LogP contribution < -0.4 is 5.32 Å². The molecule has 0 saturated carbocycles. The third-order valence-electron chi connectivity index (χ3n) is 2.16. The molecule has 0 aliphatic carbocycles. The van der Waals surface area contributed by atoms with Gasteiger partial charge in [0.05, 0.1) is 6.54 Å². The number of amides is 1. The number of hydrogen-bond donors (Lipinski definition) is 3. The average molecular weight is 258 g/mol. The summed E-state index contributed by atoms with van der Waals surface area (Å²) in [6.45, 7) is 1.42. The van der Waals surface area contributed by atoms with Gasteiger partial charge in [-0.2, -0.15) is 0 Å². The lowest BCUT2D eigenvalue weighted by atomic mass is 10.1. The van der Waals surface area contributed by atoms with Gasteiger partial charge >= 0.3 is 5.97 Å². The molecule has 6 heteroatoms. The summed E-state index contributed by atoms with van der Waals surface area (Å²) in [6.07, 6.45) is -1.60. The molecular formula is C11H12ClNO4. The van der Waals surface area contributed by atoms with Crippen molar-refractivity contribution >= 4 is 23.5 Å². The zero-order chi connectivity index (χ0) is 13.0. The van der Waals surface area contributed by atoms with Crippen LogP contribution in [0.1, 0.15) is 15.9 Å². The second-order valence-electron chi connectivity index (χ2n) is 3.53. The molecule has 0 aromatic heterocycles. The molecule has 1 aromatic rings. The second-order valence-corrected chi connectivity index (χ2v) is 3.94. The van der Waals surface area contributed by atoms with Gasteiger partial charge in [0.25, 0.3) is 5.91 Å². The molecule has 0 aliphatic heterocycles. The number of aliphatic carboxylic acids is 1. The lowest BCUT2D eigenvalue weighted by Crippen LogP contribution is -2.36. The summed E-state index contributed by atoms with van der Waals surface area (Å²) >= 11 is 5.80. The molecule has 0 aliphatic rings. The number of carboxylic acid groups (broad SMARTS) is 1. The first-order chi connectivity index (χ1) is 7.91. The van der Waals surface area contributed by atoms with Crippen LogP contribution in [0.4, 0.5) is 0 Å². The highest BCUT2D eigenvalue weighted by Crippen LogP contribution is 2.16. The lowest BCUT2D eigenvalue weighted by molar-refractivity contribution is -0.146. The Kier molecular flexibility index (Phi) is 4.48. The van der Waals surface area contributed by atoms with Gasteiger partial charge in [0.1, 0.15) is 0 Å². The minimum Gasteiger partial charge on any atom is -0.479 e. The Bertz CT molecular complexity index is 447. The Balaban J connectivity index is 2.64. The number of carbonyl (C=O) groups is 2. The molecule has 5 nitrogen and oxygen atoms in total. The summed E-state index contributed by atoms with van der Waals surface area (Å²) in [7, 11) is 0. The van der Waals surface area contributed by atoms with E-state index in [0.29, 0.717) is 10.6 Å². The van der Waals surface area contributed by atoms with E-state index in [1.807, 2.05) is 0 Å². The maximum absolute atomic E-state index is 11.6. The number of nitrogens with one attached hydrogen (secondary N) is 1. The number of carbonyl (C=O) groups excluding carboxylic acids is 1. The first-order valence-electron chi connectivity index (χ1n) is 4.87. The molecule has 0 saturated heterocycles. The molecule has 92 valence electrons. The Hall–Kier alpha value is -1.59. The molecule has 1 rings (SSSR count). The van der Waals surface area contributed by atoms with Crippen molar-refractivity contribution < 1.29 is 19.8 Å². The van der Waals surface area contributed by atoms with Gasteiger partial charge in [-0.25, -0.2) is 4.79 Å². The number of aliphatic hydroxyl groups is 1. The Morgan fingerprint density at radius 3 is 2.65 bits per heavy atom. The quantitative estimate of drug-likeness (QED) is 0.745. The Morgan fingerprint density at radius 2 is 2.12 bits per heavy atom. The van der Waals surface area contributed by atoms with Crippen LogP contribution in [0.25, 0.3) is 0 Å². The molecule has 1 atom stereocenters. The van der Waals surface area contributed by atoms with Gasteiger partial charge in [0.2, 0.25) is 0 Å². The highest BCUT2D eigenvalue weighted by molar-refractivity contribution is 6.31. The molecular weight excluding hydrogens is 246 g/mol. The minimum absolute atomic E-state index is 0.337. The molecule has 1 aromatic carbocycles. The van der Waals surface area contributed by atoms with Gasteiger partial charge in [0.15, 0.2) is 6.10 Å². The van der Waals surface area contributed by atoms with Gasteiger partial charge in [0, 0.05) is 10.6 Å². The van der Waals surface area contributed by atoms with Crippen molar-refractivity contribution in [2.75, 3.05) is 6.54 Å². The Morgan fingerprint density at radius 1 is 1.47 bits per heavy atom. The van der Waals surface area contributed by atoms with E-state index in [9.17, 15) is 9.59 Å². The van der Waals surface area contributed by atoms with E-state index in [1.165, 1.54) is 6.07 Å². The highest BCUT2D eigenvalue weighted by Gasteiger charge is 2.15. The fourth-order valence-electron chi connectivity index (χ4n) is 1.16. The fraction of sp³-hybridized carbons (Fsp3) is 0.273. The van der Waals surface area contributed by atoms with E-state index in [2.05, 4.69) is 5.32 Å². The topological polar surface area (TPSA) is 86.6 Å². The summed E-state index contributed by atoms with van der Waals surface area (Å²) in [5.74, 6) is -1.83. The summed E-state index contributed by atoms with van der Waals surface area (Å²) in [4.78, 5) is 21.9. The van der Waals surface area contributed by atoms with Crippen LogP contribution in [-0.4, -0.2) is 34.7 Å². The molecule has 3 N–H and O–H groups in total. The Labute approximate surface area is 103 Å². The SMILES string of the molecule is Cc1cc(C(=O)NC[C@H](O)C(=O)O)ccc1Cl. The number of hydrogen-bond acceptors (Lipinski definition) is 3. The van der Waals surface area contributed by atoms with Crippen molar-refractivity contribution in [3.63, 3.8) is 0 Å². The van der Waals surface area contributed by atoms with Crippen molar-refractivity contribution in [3.8, 4) is 0 Å². The van der Waals surface area contributed by atoms with E-state index in [0.717, 1.165) is 5.56 Å². The molecule has 17 heavy (non-hydrogen) atoms. The number of carboxylic acids is 1. The van der Waals surface area contributed by atoms with Crippen LogP contribution in [0.3, 0.4) is 0 Å². The summed E-state index contributed by atoms with van der Waals surface area (Å²) < 4.78 is 0. The van der Waals surface area contributed by atoms with E-state index < -0.39 is 18.0 Å². The third-order valence-corrected chi connectivity index (χ3v) is 2.59. The van der Waals surface area contributed by atoms with Gasteiger partial charge < -0.3 is 15.5 Å². The van der Waals surface area contributed by atoms with Crippen molar-refractivity contribution in [2.45, 2.75) is 13.0 Å². The predicted octanol–water partition coefficient (Wildman–Crippen LogP) is 0.824. The molecule has 0 bridgehead atoms. The second kappa shape index (κ2) is 5.65. The van der Waals surface area contributed by atoms with Gasteiger partial charge in [-0.05, 0) is 30.7 Å². The fourth-order valence-corrected chi connectivity index (χ4v) is 1.28. The summed E-state index contributed by atoms with van der Waals surface area (Å²) in [5, 5.41) is 20.3. The van der Waals surface area contributed by atoms with E-state index in [4.69, 9.17) is 21.8 Å². The maximum atomic E-state index is 11.6. The van der Waals surface area contributed by atoms with Crippen molar-refractivity contribution in [3.05, 3.63) is 34.3 Å². The van der Waals surface area contributed by atoms with Crippen LogP contribution in [-0.2, 0) is 4.79 Å². The molecule has 1 amide bonds. The first-order valence-corrected chi connectivity index (χ1v) is 5.25. The third kappa shape index (κ3) is 3.72. The number of aliphatic hydroxyl groups excluding tert-OH is 1. The average Bonchev–Trinajstić information content (AvgIpc) is 2.28. The zero-order valence-electron chi connectivity index (χ0n) is 9.11. The predicted molar refractivity (Wildman–Crippen MR) is 62.2 cm³/mol. The number of halogens is 1. The van der Waals surface area contributed by atoms with Gasteiger partial charge in [-0.1, -0.05) is 11.6 Å². The number of rotatable bonds is 4. The van der Waals surface area contributed by atoms with E-state index >= 15 is 0 Å². The van der Waals surface area contributed by atoms with E-state index in [-0.39, 0.29) is 6.54 Å². The van der Waals surface area contributed by atoms with Crippen molar-refractivity contribution in [1.29, 1.82) is 0 Å². The number of aryl methyl sites for hydroxylation is 1. The van der Waals surface area contributed by atoms with Crippen LogP contribution in [0.2, 0.25) is 5.02 Å². The molecule has 0 unspecified atom stereocenters. The molecule has 0 spiro atoms. The normalized spacial score (nSPS) is 11.9. The molecule has 0 radical (unpaired) electrons. The molecule has 0 heterocycles. The number of benzene rings is 1. The van der Waals surface area contributed by atoms with Crippen LogP contribution >= 0.6 is 11.6 Å². The lowest BCUT2D eigenvalue weighted by Gasteiger charge is -2.08. The van der Waals surface area contributed by atoms with Crippen molar-refractivity contribution in [2.24, 2.45) is 0 Å². The largest absolute Gasteiger partial charge is 0.479 e. The summed E-state index contributed by atoms with van der Waals surface area (Å²) in [5.41, 5.74) is 1.11. The van der Waals surface area contributed by atoms with Crippen LogP contribution in [0, 0.1) is 6.92 Å². The van der Waals surface area contributed by atoms with Gasteiger partial charge in [-0.3, -0.25) is 4.79 Å². The highest BCUT2D eigenvalue weighted by atomic mass is 35.5. The summed E-state index contributed by atoms with van der Waals surface area (Å²) in [6, 6.07) is 4.70. The van der Waals surface area contributed by atoms with E-state index in [1.54, 1.807) is 19.1 Å².